The Kier molecular flexibility index (Phi) is 4.98. The van der Waals surface area contributed by atoms with Crippen LogP contribution in [0.15, 0.2) is 41.3 Å². The lowest BCUT2D eigenvalue weighted by Gasteiger charge is -2.03. The van der Waals surface area contributed by atoms with Gasteiger partial charge in [-0.3, -0.25) is 4.57 Å². The van der Waals surface area contributed by atoms with Crippen molar-refractivity contribution < 1.29 is 4.74 Å². The van der Waals surface area contributed by atoms with Crippen molar-refractivity contribution in [3.8, 4) is 11.3 Å². The third kappa shape index (κ3) is 3.83. The molecule has 0 aliphatic heterocycles. The fraction of sp³-hybridized carbons (Fsp3) is 0.400. The van der Waals surface area contributed by atoms with Crippen LogP contribution in [-0.2, 0) is 11.3 Å². The van der Waals surface area contributed by atoms with Gasteiger partial charge in [0.15, 0.2) is 0 Å². The van der Waals surface area contributed by atoms with E-state index in [0.717, 1.165) is 30.7 Å². The molecule has 19 heavy (non-hydrogen) atoms. The Morgan fingerprint density at radius 2 is 2.00 bits per heavy atom. The summed E-state index contributed by atoms with van der Waals surface area (Å²) in [5, 5.41) is 0. The maximum atomic E-state index is 11.8. The van der Waals surface area contributed by atoms with Gasteiger partial charge in [0.1, 0.15) is 0 Å². The Balaban J connectivity index is 1.96. The molecule has 0 aliphatic carbocycles. The molecule has 0 radical (unpaired) electrons. The van der Waals surface area contributed by atoms with Crippen molar-refractivity contribution in [3.05, 3.63) is 47.0 Å². The predicted octanol–water partition coefficient (Wildman–Crippen LogP) is 2.66. The number of unbranched alkanes of at least 4 members (excludes halogenated alkanes) is 1. The number of aromatic nitrogens is 2. The highest BCUT2D eigenvalue weighted by molar-refractivity contribution is 5.57. The van der Waals surface area contributed by atoms with E-state index in [2.05, 4.69) is 11.9 Å². The monoisotopic (exact) mass is 260 g/mol. The van der Waals surface area contributed by atoms with Crippen LogP contribution >= 0.6 is 0 Å². The van der Waals surface area contributed by atoms with Crippen LogP contribution in [0.3, 0.4) is 0 Å². The van der Waals surface area contributed by atoms with Crippen LogP contribution in [0.1, 0.15) is 19.8 Å². The van der Waals surface area contributed by atoms with Gasteiger partial charge in [-0.15, -0.1) is 0 Å². The fourth-order valence-corrected chi connectivity index (χ4v) is 1.88. The van der Waals surface area contributed by atoms with E-state index in [-0.39, 0.29) is 5.69 Å². The molecule has 4 heteroatoms. The van der Waals surface area contributed by atoms with Crippen molar-refractivity contribution in [3.63, 3.8) is 0 Å². The number of hydrogen-bond donors (Lipinski definition) is 1. The number of imidazole rings is 1. The smallest absolute Gasteiger partial charge is 0.326 e. The molecule has 0 saturated carbocycles. The summed E-state index contributed by atoms with van der Waals surface area (Å²) >= 11 is 0. The van der Waals surface area contributed by atoms with Gasteiger partial charge in [-0.2, -0.15) is 0 Å². The number of ether oxygens (including phenoxy) is 1. The first-order valence-electron chi connectivity index (χ1n) is 6.74. The van der Waals surface area contributed by atoms with Crippen molar-refractivity contribution in [1.29, 1.82) is 0 Å². The van der Waals surface area contributed by atoms with E-state index in [1.165, 1.54) is 0 Å². The van der Waals surface area contributed by atoms with E-state index in [0.29, 0.717) is 13.2 Å². The van der Waals surface area contributed by atoms with E-state index >= 15 is 0 Å². The largest absolute Gasteiger partial charge is 0.380 e. The third-order valence-electron chi connectivity index (χ3n) is 2.99. The molecule has 0 spiro atoms. The van der Waals surface area contributed by atoms with Gasteiger partial charge in [0.05, 0.1) is 18.8 Å². The van der Waals surface area contributed by atoms with Crippen LogP contribution in [0.25, 0.3) is 11.3 Å². The van der Waals surface area contributed by atoms with Gasteiger partial charge in [0.2, 0.25) is 0 Å². The zero-order valence-corrected chi connectivity index (χ0v) is 11.3. The number of aromatic amines is 1. The number of nitrogens with zero attached hydrogens (tertiary/aromatic N) is 1. The third-order valence-corrected chi connectivity index (χ3v) is 2.99. The van der Waals surface area contributed by atoms with Crippen molar-refractivity contribution in [2.24, 2.45) is 0 Å². The second-order valence-electron chi connectivity index (χ2n) is 4.50. The lowest BCUT2D eigenvalue weighted by molar-refractivity contribution is 0.123. The van der Waals surface area contributed by atoms with Gasteiger partial charge in [0, 0.05) is 12.8 Å². The second-order valence-corrected chi connectivity index (χ2v) is 4.50. The Morgan fingerprint density at radius 3 is 2.74 bits per heavy atom. The van der Waals surface area contributed by atoms with Crippen LogP contribution in [-0.4, -0.2) is 22.8 Å². The van der Waals surface area contributed by atoms with Crippen LogP contribution in [0.2, 0.25) is 0 Å². The Labute approximate surface area is 113 Å². The van der Waals surface area contributed by atoms with Gasteiger partial charge >= 0.3 is 5.69 Å². The molecule has 0 unspecified atom stereocenters. The quantitative estimate of drug-likeness (QED) is 0.778. The van der Waals surface area contributed by atoms with Crippen LogP contribution in [0.5, 0.6) is 0 Å². The summed E-state index contributed by atoms with van der Waals surface area (Å²) in [5.41, 5.74) is 1.78. The lowest BCUT2D eigenvalue weighted by Crippen LogP contribution is -2.19. The highest BCUT2D eigenvalue weighted by atomic mass is 16.5. The Hall–Kier alpha value is -1.81. The molecule has 2 aromatic rings. The first kappa shape index (κ1) is 13.6. The van der Waals surface area contributed by atoms with Crippen LogP contribution in [0.4, 0.5) is 0 Å². The summed E-state index contributed by atoms with van der Waals surface area (Å²) in [6, 6.07) is 9.83. The average molecular weight is 260 g/mol. The van der Waals surface area contributed by atoms with E-state index in [1.807, 2.05) is 36.5 Å². The number of nitrogens with one attached hydrogen (secondary N) is 1. The summed E-state index contributed by atoms with van der Waals surface area (Å²) in [4.78, 5) is 14.6. The molecule has 1 aromatic carbocycles. The summed E-state index contributed by atoms with van der Waals surface area (Å²) < 4.78 is 7.14. The lowest BCUT2D eigenvalue weighted by atomic mass is 10.2. The first-order valence-corrected chi connectivity index (χ1v) is 6.74. The maximum Gasteiger partial charge on any atom is 0.326 e. The molecule has 0 atom stereocenters. The zero-order chi connectivity index (χ0) is 13.5. The molecule has 4 nitrogen and oxygen atoms in total. The topological polar surface area (TPSA) is 47.0 Å². The van der Waals surface area contributed by atoms with E-state index in [1.54, 1.807) is 4.57 Å². The van der Waals surface area contributed by atoms with E-state index < -0.39 is 0 Å². The second kappa shape index (κ2) is 6.95. The molecule has 1 N–H and O–H groups in total. The molecule has 0 fully saturated rings. The van der Waals surface area contributed by atoms with Gasteiger partial charge in [-0.05, 0) is 12.0 Å². The van der Waals surface area contributed by atoms with E-state index in [4.69, 9.17) is 4.74 Å². The van der Waals surface area contributed by atoms with Crippen molar-refractivity contribution >= 4 is 0 Å². The average Bonchev–Trinajstić information content (AvgIpc) is 2.81. The first-order chi connectivity index (χ1) is 9.31. The number of rotatable bonds is 7. The maximum absolute atomic E-state index is 11.8. The number of H-pyrrole nitrogens is 1. The highest BCUT2D eigenvalue weighted by Gasteiger charge is 2.04. The zero-order valence-electron chi connectivity index (χ0n) is 11.3. The molecule has 0 bridgehead atoms. The summed E-state index contributed by atoms with van der Waals surface area (Å²) in [6.45, 7) is 4.06. The van der Waals surface area contributed by atoms with Crippen molar-refractivity contribution in [2.75, 3.05) is 13.2 Å². The van der Waals surface area contributed by atoms with Gasteiger partial charge in [-0.1, -0.05) is 43.7 Å². The molecule has 0 saturated heterocycles. The van der Waals surface area contributed by atoms with Crippen LogP contribution in [0, 0.1) is 0 Å². The summed E-state index contributed by atoms with van der Waals surface area (Å²) in [7, 11) is 0. The molecule has 102 valence electrons. The molecule has 0 aliphatic rings. The predicted molar refractivity (Wildman–Crippen MR) is 76.2 cm³/mol. The number of benzene rings is 1. The van der Waals surface area contributed by atoms with Crippen LogP contribution < -0.4 is 5.69 Å². The SMILES string of the molecule is CCCCOCCn1cc(-c2ccccc2)[nH]c1=O. The minimum absolute atomic E-state index is 0.0852. The van der Waals surface area contributed by atoms with Crippen molar-refractivity contribution in [1.82, 2.24) is 9.55 Å². The summed E-state index contributed by atoms with van der Waals surface area (Å²) in [6.07, 6.45) is 4.04. The summed E-state index contributed by atoms with van der Waals surface area (Å²) in [5.74, 6) is 0. The Bertz CT molecular complexity index is 543. The molecule has 1 heterocycles. The normalized spacial score (nSPS) is 10.8. The minimum atomic E-state index is -0.0852. The van der Waals surface area contributed by atoms with E-state index in [9.17, 15) is 4.79 Å². The van der Waals surface area contributed by atoms with Gasteiger partial charge in [0.25, 0.3) is 0 Å². The molecule has 2 rings (SSSR count). The molecule has 1 aromatic heterocycles. The molecule has 0 amide bonds. The van der Waals surface area contributed by atoms with Crippen molar-refractivity contribution in [2.45, 2.75) is 26.3 Å². The van der Waals surface area contributed by atoms with Gasteiger partial charge < -0.3 is 9.72 Å². The fourth-order valence-electron chi connectivity index (χ4n) is 1.88. The highest BCUT2D eigenvalue weighted by Crippen LogP contribution is 2.14. The van der Waals surface area contributed by atoms with Gasteiger partial charge in [-0.25, -0.2) is 4.79 Å². The minimum Gasteiger partial charge on any atom is -0.380 e. The number of hydrogen-bond acceptors (Lipinski definition) is 2. The molecular weight excluding hydrogens is 240 g/mol. The Morgan fingerprint density at radius 1 is 1.21 bits per heavy atom. The standard InChI is InChI=1S/C15H20N2O2/c1-2-3-10-19-11-9-17-12-14(16-15(17)18)13-7-5-4-6-8-13/h4-8,12H,2-3,9-11H2,1H3,(H,16,18). The molecular formula is C15H20N2O2.